The van der Waals surface area contributed by atoms with Crippen molar-refractivity contribution in [1.29, 1.82) is 0 Å². The van der Waals surface area contributed by atoms with Gasteiger partial charge in [-0.2, -0.15) is 0 Å². The Balaban J connectivity index is 2.24. The quantitative estimate of drug-likeness (QED) is 0.835. The molecule has 82 valence electrons. The number of nitrogens with two attached hydrogens (primary N) is 1. The summed E-state index contributed by atoms with van der Waals surface area (Å²) in [7, 11) is 0. The second-order valence-electron chi connectivity index (χ2n) is 4.00. The molecule has 1 saturated carbocycles. The first-order valence-electron chi connectivity index (χ1n) is 4.99. The van der Waals surface area contributed by atoms with E-state index in [4.69, 9.17) is 17.3 Å². The van der Waals surface area contributed by atoms with Gasteiger partial charge in [0, 0.05) is 5.56 Å². The van der Waals surface area contributed by atoms with Crippen LogP contribution in [-0.2, 0) is 0 Å². The van der Waals surface area contributed by atoms with Gasteiger partial charge in [0.25, 0.3) is 0 Å². The molecule has 1 aliphatic rings. The van der Waals surface area contributed by atoms with E-state index >= 15 is 0 Å². The largest absolute Gasteiger partial charge is 0.391 e. The van der Waals surface area contributed by atoms with Crippen molar-refractivity contribution in [2.24, 2.45) is 11.7 Å². The van der Waals surface area contributed by atoms with Crippen LogP contribution in [0.4, 0.5) is 4.39 Å². The van der Waals surface area contributed by atoms with E-state index < -0.39 is 18.0 Å². The molecule has 1 aliphatic carbocycles. The summed E-state index contributed by atoms with van der Waals surface area (Å²) >= 11 is 5.65. The molecule has 4 heteroatoms. The van der Waals surface area contributed by atoms with Crippen molar-refractivity contribution in [3.05, 3.63) is 34.6 Å². The fraction of sp³-hybridized carbons (Fsp3) is 0.455. The Bertz CT molecular complexity index is 368. The minimum atomic E-state index is -0.684. The fourth-order valence-electron chi connectivity index (χ4n) is 1.69. The lowest BCUT2D eigenvalue weighted by atomic mass is 9.99. The highest BCUT2D eigenvalue weighted by Crippen LogP contribution is 2.38. The molecule has 0 aliphatic heterocycles. The van der Waals surface area contributed by atoms with E-state index in [0.29, 0.717) is 5.56 Å². The Morgan fingerprint density at radius 2 is 2.13 bits per heavy atom. The third-order valence-electron chi connectivity index (χ3n) is 2.81. The maximum atomic E-state index is 13.6. The van der Waals surface area contributed by atoms with Crippen molar-refractivity contribution in [3.63, 3.8) is 0 Å². The number of aliphatic hydroxyl groups excluding tert-OH is 1. The van der Waals surface area contributed by atoms with E-state index in [1.165, 1.54) is 6.07 Å². The Morgan fingerprint density at radius 1 is 1.47 bits per heavy atom. The van der Waals surface area contributed by atoms with Crippen LogP contribution in [-0.4, -0.2) is 11.2 Å². The molecule has 0 radical (unpaired) electrons. The molecule has 0 spiro atoms. The Labute approximate surface area is 92.9 Å². The molecule has 0 unspecified atom stereocenters. The Morgan fingerprint density at radius 3 is 2.73 bits per heavy atom. The average Bonchev–Trinajstić information content (AvgIpc) is 3.03. The summed E-state index contributed by atoms with van der Waals surface area (Å²) in [5.41, 5.74) is 6.09. The smallest absolute Gasteiger partial charge is 0.146 e. The van der Waals surface area contributed by atoms with Crippen LogP contribution in [0.2, 0.25) is 5.02 Å². The van der Waals surface area contributed by atoms with Gasteiger partial charge in [-0.3, -0.25) is 0 Å². The minimum Gasteiger partial charge on any atom is -0.391 e. The molecular weight excluding hydrogens is 217 g/mol. The van der Waals surface area contributed by atoms with Crippen LogP contribution in [0.1, 0.15) is 24.4 Å². The number of hydrogen-bond acceptors (Lipinski definition) is 2. The van der Waals surface area contributed by atoms with Crippen LogP contribution in [0.5, 0.6) is 0 Å². The third kappa shape index (κ3) is 2.14. The second kappa shape index (κ2) is 4.08. The van der Waals surface area contributed by atoms with Crippen LogP contribution < -0.4 is 5.73 Å². The summed E-state index contributed by atoms with van der Waals surface area (Å²) in [6, 6.07) is 3.99. The van der Waals surface area contributed by atoms with Gasteiger partial charge >= 0.3 is 0 Å². The molecule has 1 aromatic rings. The highest BCUT2D eigenvalue weighted by atomic mass is 35.5. The van der Waals surface area contributed by atoms with E-state index in [-0.39, 0.29) is 10.9 Å². The Hall–Kier alpha value is -0.640. The van der Waals surface area contributed by atoms with Crippen molar-refractivity contribution in [2.75, 3.05) is 0 Å². The van der Waals surface area contributed by atoms with Gasteiger partial charge in [-0.15, -0.1) is 0 Å². The van der Waals surface area contributed by atoms with Crippen LogP contribution >= 0.6 is 11.6 Å². The monoisotopic (exact) mass is 229 g/mol. The second-order valence-corrected chi connectivity index (χ2v) is 4.40. The standard InChI is InChI=1S/C11H13ClFNO/c12-8-3-1-2-7(9(8)13)10(14)11(15)6-4-5-6/h1-3,6,10-11,15H,4-5,14H2/t10-,11+/m0/s1. The molecule has 0 heterocycles. The molecule has 2 atom stereocenters. The highest BCUT2D eigenvalue weighted by molar-refractivity contribution is 6.30. The predicted molar refractivity (Wildman–Crippen MR) is 57.1 cm³/mol. The zero-order valence-electron chi connectivity index (χ0n) is 8.16. The number of benzene rings is 1. The number of halogens is 2. The van der Waals surface area contributed by atoms with E-state index in [2.05, 4.69) is 0 Å². The third-order valence-corrected chi connectivity index (χ3v) is 3.11. The fourth-order valence-corrected chi connectivity index (χ4v) is 1.87. The normalized spacial score (nSPS) is 20.0. The minimum absolute atomic E-state index is 0.0472. The first-order chi connectivity index (χ1) is 7.11. The summed E-state index contributed by atoms with van der Waals surface area (Å²) in [5, 5.41) is 9.84. The summed E-state index contributed by atoms with van der Waals surface area (Å²) in [6.07, 6.45) is 1.27. The molecule has 0 saturated heterocycles. The average molecular weight is 230 g/mol. The molecule has 3 N–H and O–H groups in total. The van der Waals surface area contributed by atoms with Crippen LogP contribution in [0, 0.1) is 11.7 Å². The molecule has 0 amide bonds. The zero-order valence-corrected chi connectivity index (χ0v) is 8.91. The van der Waals surface area contributed by atoms with Gasteiger partial charge < -0.3 is 10.8 Å². The molecule has 1 aromatic carbocycles. The maximum absolute atomic E-state index is 13.6. The molecule has 2 nitrogen and oxygen atoms in total. The van der Waals surface area contributed by atoms with Gasteiger partial charge in [0.15, 0.2) is 0 Å². The lowest BCUT2D eigenvalue weighted by molar-refractivity contribution is 0.121. The van der Waals surface area contributed by atoms with Crippen molar-refractivity contribution in [1.82, 2.24) is 0 Å². The number of rotatable bonds is 3. The van der Waals surface area contributed by atoms with E-state index in [1.807, 2.05) is 0 Å². The summed E-state index contributed by atoms with van der Waals surface area (Å²) in [5.74, 6) is -0.301. The predicted octanol–water partition coefficient (Wildman–Crippen LogP) is 2.25. The van der Waals surface area contributed by atoms with Crippen molar-refractivity contribution >= 4 is 11.6 Å². The van der Waals surface area contributed by atoms with Gasteiger partial charge in [-0.05, 0) is 24.8 Å². The molecule has 1 fully saturated rings. The summed E-state index contributed by atoms with van der Waals surface area (Å²) in [6.45, 7) is 0. The summed E-state index contributed by atoms with van der Waals surface area (Å²) < 4.78 is 13.6. The molecular formula is C11H13ClFNO. The van der Waals surface area contributed by atoms with Crippen molar-refractivity contribution < 1.29 is 9.50 Å². The van der Waals surface area contributed by atoms with Crippen LogP contribution in [0.25, 0.3) is 0 Å². The van der Waals surface area contributed by atoms with Gasteiger partial charge in [0.1, 0.15) is 5.82 Å². The first-order valence-corrected chi connectivity index (χ1v) is 5.36. The van der Waals surface area contributed by atoms with Crippen molar-refractivity contribution in [3.8, 4) is 0 Å². The van der Waals surface area contributed by atoms with E-state index in [9.17, 15) is 9.50 Å². The topological polar surface area (TPSA) is 46.2 Å². The zero-order chi connectivity index (χ0) is 11.0. The maximum Gasteiger partial charge on any atom is 0.146 e. The van der Waals surface area contributed by atoms with Gasteiger partial charge in [0.05, 0.1) is 17.2 Å². The van der Waals surface area contributed by atoms with Crippen LogP contribution in [0.15, 0.2) is 18.2 Å². The SMILES string of the molecule is N[C@@H](c1cccc(Cl)c1F)[C@H](O)C1CC1. The van der Waals surface area contributed by atoms with Gasteiger partial charge in [-0.1, -0.05) is 23.7 Å². The first kappa shape index (κ1) is 10.9. The molecule has 15 heavy (non-hydrogen) atoms. The lowest BCUT2D eigenvalue weighted by Gasteiger charge is -2.19. The molecule has 2 rings (SSSR count). The lowest BCUT2D eigenvalue weighted by Crippen LogP contribution is -2.28. The van der Waals surface area contributed by atoms with Crippen LogP contribution in [0.3, 0.4) is 0 Å². The molecule has 0 aromatic heterocycles. The number of aliphatic hydroxyl groups is 1. The summed E-state index contributed by atoms with van der Waals surface area (Å²) in [4.78, 5) is 0. The number of hydrogen-bond donors (Lipinski definition) is 2. The molecule has 0 bridgehead atoms. The van der Waals surface area contributed by atoms with E-state index in [0.717, 1.165) is 12.8 Å². The van der Waals surface area contributed by atoms with Gasteiger partial charge in [-0.25, -0.2) is 4.39 Å². The Kier molecular flexibility index (Phi) is 2.96. The van der Waals surface area contributed by atoms with Gasteiger partial charge in [0.2, 0.25) is 0 Å². The highest BCUT2D eigenvalue weighted by Gasteiger charge is 2.35. The van der Waals surface area contributed by atoms with Crippen molar-refractivity contribution in [2.45, 2.75) is 25.0 Å². The van der Waals surface area contributed by atoms with E-state index in [1.54, 1.807) is 12.1 Å².